The molecule has 1 aromatic carbocycles. The van der Waals surface area contributed by atoms with E-state index in [1.165, 1.54) is 23.3 Å². The summed E-state index contributed by atoms with van der Waals surface area (Å²) in [7, 11) is 0. The molecule has 0 atom stereocenters. The molecule has 1 fully saturated rings. The van der Waals surface area contributed by atoms with Crippen LogP contribution in [0.5, 0.6) is 5.75 Å². The van der Waals surface area contributed by atoms with E-state index in [0.717, 1.165) is 12.5 Å². The molecule has 0 unspecified atom stereocenters. The Kier molecular flexibility index (Phi) is 4.26. The lowest BCUT2D eigenvalue weighted by atomic mass is 10.3. The van der Waals surface area contributed by atoms with Crippen LogP contribution in [0.15, 0.2) is 28.8 Å². The second-order valence-corrected chi connectivity index (χ2v) is 5.04. The van der Waals surface area contributed by atoms with Gasteiger partial charge >= 0.3 is 0 Å². The molecule has 1 amide bonds. The maximum atomic E-state index is 12.9. The highest BCUT2D eigenvalue weighted by Crippen LogP contribution is 2.25. The lowest BCUT2D eigenvalue weighted by Gasteiger charge is -2.10. The molecule has 1 aliphatic rings. The third-order valence-corrected chi connectivity index (χ3v) is 3.32. The van der Waals surface area contributed by atoms with Crippen LogP contribution in [0.3, 0.4) is 0 Å². The molecule has 6 nitrogen and oxygen atoms in total. The molecule has 8 heteroatoms. The standard InChI is InChI=1S/C14H12ClFN2O4/c15-11-6-9(16)2-3-13(11)20-8-10-7-12(17-22-10)14(19)18-4-1-5-21-18/h2-3,6-7H,1,4-5,8H2. The van der Waals surface area contributed by atoms with Crippen molar-refractivity contribution in [1.29, 1.82) is 0 Å². The maximum absolute atomic E-state index is 12.9. The number of aromatic nitrogens is 1. The molecule has 116 valence electrons. The first-order chi connectivity index (χ1) is 10.6. The van der Waals surface area contributed by atoms with Gasteiger partial charge in [0.05, 0.1) is 18.2 Å². The number of rotatable bonds is 4. The van der Waals surface area contributed by atoms with E-state index in [-0.39, 0.29) is 23.2 Å². The number of halogens is 2. The molecule has 3 rings (SSSR count). The highest BCUT2D eigenvalue weighted by Gasteiger charge is 2.24. The molecule has 2 aromatic rings. The minimum Gasteiger partial charge on any atom is -0.484 e. The fourth-order valence-electron chi connectivity index (χ4n) is 1.96. The topological polar surface area (TPSA) is 64.8 Å². The Morgan fingerprint density at radius 1 is 1.45 bits per heavy atom. The first kappa shape index (κ1) is 14.8. The van der Waals surface area contributed by atoms with Gasteiger partial charge in [-0.25, -0.2) is 9.45 Å². The summed E-state index contributed by atoms with van der Waals surface area (Å²) >= 11 is 5.85. The van der Waals surface area contributed by atoms with Crippen molar-refractivity contribution in [2.45, 2.75) is 13.0 Å². The Hall–Kier alpha value is -2.12. The number of amides is 1. The quantitative estimate of drug-likeness (QED) is 0.864. The number of ether oxygens (including phenoxy) is 1. The highest BCUT2D eigenvalue weighted by molar-refractivity contribution is 6.32. The normalized spacial score (nSPS) is 14.4. The molecule has 0 aliphatic carbocycles. The van der Waals surface area contributed by atoms with E-state index >= 15 is 0 Å². The average Bonchev–Trinajstić information content (AvgIpc) is 3.17. The maximum Gasteiger partial charge on any atom is 0.299 e. The molecule has 0 saturated carbocycles. The van der Waals surface area contributed by atoms with Crippen LogP contribution in [0.2, 0.25) is 5.02 Å². The molecule has 0 radical (unpaired) electrons. The van der Waals surface area contributed by atoms with Crippen molar-refractivity contribution in [1.82, 2.24) is 10.2 Å². The lowest BCUT2D eigenvalue weighted by molar-refractivity contribution is -0.0773. The zero-order chi connectivity index (χ0) is 15.5. The van der Waals surface area contributed by atoms with Crippen molar-refractivity contribution in [3.63, 3.8) is 0 Å². The van der Waals surface area contributed by atoms with E-state index < -0.39 is 5.82 Å². The van der Waals surface area contributed by atoms with Gasteiger partial charge in [-0.2, -0.15) is 0 Å². The number of hydrogen-bond donors (Lipinski definition) is 0. The summed E-state index contributed by atoms with van der Waals surface area (Å²) in [5.74, 6) is -0.138. The van der Waals surface area contributed by atoms with Crippen molar-refractivity contribution in [2.75, 3.05) is 13.2 Å². The van der Waals surface area contributed by atoms with Crippen LogP contribution in [-0.2, 0) is 11.4 Å². The van der Waals surface area contributed by atoms with E-state index in [1.807, 2.05) is 0 Å². The van der Waals surface area contributed by atoms with Crippen LogP contribution in [0, 0.1) is 5.82 Å². The van der Waals surface area contributed by atoms with Crippen LogP contribution in [0.25, 0.3) is 0 Å². The van der Waals surface area contributed by atoms with E-state index in [9.17, 15) is 9.18 Å². The van der Waals surface area contributed by atoms with E-state index in [2.05, 4.69) is 5.16 Å². The Morgan fingerprint density at radius 3 is 3.05 bits per heavy atom. The van der Waals surface area contributed by atoms with Gasteiger partial charge in [0.15, 0.2) is 11.5 Å². The summed E-state index contributed by atoms with van der Waals surface area (Å²) < 4.78 is 23.4. The van der Waals surface area contributed by atoms with Crippen LogP contribution >= 0.6 is 11.6 Å². The van der Waals surface area contributed by atoms with Crippen molar-refractivity contribution < 1.29 is 23.3 Å². The predicted molar refractivity (Wildman–Crippen MR) is 73.9 cm³/mol. The van der Waals surface area contributed by atoms with Crippen LogP contribution < -0.4 is 4.74 Å². The largest absolute Gasteiger partial charge is 0.484 e. The van der Waals surface area contributed by atoms with Gasteiger partial charge in [0.25, 0.3) is 5.91 Å². The van der Waals surface area contributed by atoms with Gasteiger partial charge in [0.1, 0.15) is 18.2 Å². The van der Waals surface area contributed by atoms with E-state index in [4.69, 9.17) is 25.7 Å². The monoisotopic (exact) mass is 326 g/mol. The molecule has 0 N–H and O–H groups in total. The molecule has 1 saturated heterocycles. The number of carbonyl (C=O) groups is 1. The van der Waals surface area contributed by atoms with Crippen molar-refractivity contribution >= 4 is 17.5 Å². The molecule has 2 heterocycles. The lowest BCUT2D eigenvalue weighted by Crippen LogP contribution is -2.26. The van der Waals surface area contributed by atoms with Crippen molar-refractivity contribution in [3.05, 3.63) is 46.6 Å². The van der Waals surface area contributed by atoms with Gasteiger partial charge in [-0.1, -0.05) is 16.8 Å². The minimum absolute atomic E-state index is 0.0203. The highest BCUT2D eigenvalue weighted by atomic mass is 35.5. The third kappa shape index (κ3) is 3.20. The summed E-state index contributed by atoms with van der Waals surface area (Å²) in [4.78, 5) is 17.2. The number of nitrogens with zero attached hydrogens (tertiary/aromatic N) is 2. The zero-order valence-corrected chi connectivity index (χ0v) is 12.2. The number of hydrogen-bond acceptors (Lipinski definition) is 5. The predicted octanol–water partition coefficient (Wildman–Crippen LogP) is 2.82. The molecule has 1 aliphatic heterocycles. The number of carbonyl (C=O) groups excluding carboxylic acids is 1. The molecule has 0 spiro atoms. The van der Waals surface area contributed by atoms with Gasteiger partial charge in [-0.15, -0.1) is 0 Å². The Balaban J connectivity index is 1.63. The molecular formula is C14H12ClFN2O4. The summed E-state index contributed by atoms with van der Waals surface area (Å²) in [6.45, 7) is 1.07. The van der Waals surface area contributed by atoms with Gasteiger partial charge < -0.3 is 9.26 Å². The first-order valence-electron chi connectivity index (χ1n) is 6.62. The first-order valence-corrected chi connectivity index (χ1v) is 6.99. The van der Waals surface area contributed by atoms with Gasteiger partial charge in [0, 0.05) is 6.07 Å². The van der Waals surface area contributed by atoms with E-state index in [0.29, 0.717) is 24.7 Å². The second-order valence-electron chi connectivity index (χ2n) is 4.64. The number of hydroxylamine groups is 2. The average molecular weight is 327 g/mol. The van der Waals surface area contributed by atoms with Crippen LogP contribution in [0.4, 0.5) is 4.39 Å². The molecule has 1 aromatic heterocycles. The van der Waals surface area contributed by atoms with Crippen molar-refractivity contribution in [3.8, 4) is 5.75 Å². The SMILES string of the molecule is O=C(c1cc(COc2ccc(F)cc2Cl)on1)N1CCCO1. The fraction of sp³-hybridized carbons (Fsp3) is 0.286. The summed E-state index contributed by atoms with van der Waals surface area (Å²) in [5, 5.41) is 5.09. The van der Waals surface area contributed by atoms with Gasteiger partial charge in [-0.05, 0) is 24.6 Å². The zero-order valence-electron chi connectivity index (χ0n) is 11.4. The van der Waals surface area contributed by atoms with Crippen molar-refractivity contribution in [2.24, 2.45) is 0 Å². The molecule has 0 bridgehead atoms. The Labute approximate surface area is 130 Å². The second kappa shape index (κ2) is 6.33. The Bertz CT molecular complexity index is 685. The third-order valence-electron chi connectivity index (χ3n) is 3.02. The summed E-state index contributed by atoms with van der Waals surface area (Å²) in [6.07, 6.45) is 0.794. The van der Waals surface area contributed by atoms with E-state index in [1.54, 1.807) is 0 Å². The van der Waals surface area contributed by atoms with Gasteiger partial charge in [0.2, 0.25) is 0 Å². The Morgan fingerprint density at radius 2 is 2.32 bits per heavy atom. The molecule has 22 heavy (non-hydrogen) atoms. The minimum atomic E-state index is -0.449. The smallest absolute Gasteiger partial charge is 0.299 e. The molecular weight excluding hydrogens is 315 g/mol. The van der Waals surface area contributed by atoms with Gasteiger partial charge in [-0.3, -0.25) is 9.63 Å². The number of benzene rings is 1. The summed E-state index contributed by atoms with van der Waals surface area (Å²) in [6, 6.07) is 5.28. The summed E-state index contributed by atoms with van der Waals surface area (Å²) in [5.41, 5.74) is 0.144. The van der Waals surface area contributed by atoms with Crippen LogP contribution in [0.1, 0.15) is 22.7 Å². The fourth-order valence-corrected chi connectivity index (χ4v) is 2.18. The van der Waals surface area contributed by atoms with Crippen LogP contribution in [-0.4, -0.2) is 29.3 Å².